The van der Waals surface area contributed by atoms with Crippen molar-refractivity contribution < 1.29 is 14.3 Å². The number of nitrogens with zero attached hydrogens (tertiary/aromatic N) is 1. The number of esters is 1. The topological polar surface area (TPSA) is 111 Å². The fourth-order valence-electron chi connectivity index (χ4n) is 2.18. The zero-order chi connectivity index (χ0) is 15.4. The highest BCUT2D eigenvalue weighted by Crippen LogP contribution is 2.38. The Bertz CT molecular complexity index is 656. The second-order valence-electron chi connectivity index (χ2n) is 4.33. The SMILES string of the molecule is CCOC(=O)C1=C(N)OC(N)=C(C#N)[C@@H]1c1ccccc1. The lowest BCUT2D eigenvalue weighted by Gasteiger charge is -2.26. The molecule has 0 bridgehead atoms. The Morgan fingerprint density at radius 2 is 2.00 bits per heavy atom. The Labute approximate surface area is 122 Å². The molecule has 0 amide bonds. The number of carbonyl (C=O) groups excluding carboxylic acids is 1. The minimum absolute atomic E-state index is 0.0915. The lowest BCUT2D eigenvalue weighted by molar-refractivity contribution is -0.139. The van der Waals surface area contributed by atoms with Crippen molar-refractivity contribution in [1.29, 1.82) is 5.26 Å². The molecule has 0 radical (unpaired) electrons. The number of rotatable bonds is 3. The lowest BCUT2D eigenvalue weighted by atomic mass is 9.84. The van der Waals surface area contributed by atoms with Crippen LogP contribution in [-0.4, -0.2) is 12.6 Å². The molecule has 6 nitrogen and oxygen atoms in total. The van der Waals surface area contributed by atoms with Crippen molar-refractivity contribution in [2.45, 2.75) is 12.8 Å². The van der Waals surface area contributed by atoms with E-state index in [-0.39, 0.29) is 29.5 Å². The van der Waals surface area contributed by atoms with Crippen molar-refractivity contribution in [1.82, 2.24) is 0 Å². The minimum Gasteiger partial charge on any atom is -0.462 e. The monoisotopic (exact) mass is 285 g/mol. The van der Waals surface area contributed by atoms with E-state index in [4.69, 9.17) is 20.9 Å². The number of benzene rings is 1. The molecule has 0 saturated heterocycles. The maximum Gasteiger partial charge on any atom is 0.340 e. The third kappa shape index (κ3) is 2.67. The van der Waals surface area contributed by atoms with Gasteiger partial charge in [0.15, 0.2) is 0 Å². The fraction of sp³-hybridized carbons (Fsp3) is 0.200. The van der Waals surface area contributed by atoms with Crippen LogP contribution < -0.4 is 11.5 Å². The molecule has 0 aromatic heterocycles. The standard InChI is InChI=1S/C15H15N3O3/c1-2-20-15(19)12-11(9-6-4-3-5-7-9)10(8-16)13(17)21-14(12)18/h3-7,11H,2,17-18H2,1H3/t11-/m0/s1. The third-order valence-electron chi connectivity index (χ3n) is 3.08. The van der Waals surface area contributed by atoms with Crippen LogP contribution in [0.2, 0.25) is 0 Å². The Kier molecular flexibility index (Phi) is 4.14. The summed E-state index contributed by atoms with van der Waals surface area (Å²) in [5, 5.41) is 9.33. The summed E-state index contributed by atoms with van der Waals surface area (Å²) in [7, 11) is 0. The zero-order valence-corrected chi connectivity index (χ0v) is 11.5. The van der Waals surface area contributed by atoms with E-state index in [0.717, 1.165) is 0 Å². The lowest BCUT2D eigenvalue weighted by Crippen LogP contribution is -2.29. The smallest absolute Gasteiger partial charge is 0.340 e. The Morgan fingerprint density at radius 1 is 1.33 bits per heavy atom. The first kappa shape index (κ1) is 14.5. The van der Waals surface area contributed by atoms with Gasteiger partial charge in [-0.2, -0.15) is 5.26 Å². The molecule has 21 heavy (non-hydrogen) atoms. The Morgan fingerprint density at radius 3 is 2.57 bits per heavy atom. The maximum absolute atomic E-state index is 12.1. The average molecular weight is 285 g/mol. The van der Waals surface area contributed by atoms with Gasteiger partial charge in [-0.1, -0.05) is 30.3 Å². The highest BCUT2D eigenvalue weighted by Gasteiger charge is 2.36. The van der Waals surface area contributed by atoms with Crippen LogP contribution in [0.25, 0.3) is 0 Å². The molecule has 1 aliphatic heterocycles. The normalized spacial score (nSPS) is 18.0. The maximum atomic E-state index is 12.1. The molecular formula is C15H15N3O3. The molecule has 1 aliphatic rings. The number of ether oxygens (including phenoxy) is 2. The van der Waals surface area contributed by atoms with Crippen LogP contribution in [0.3, 0.4) is 0 Å². The second-order valence-corrected chi connectivity index (χ2v) is 4.33. The number of nitriles is 1. The average Bonchev–Trinajstić information content (AvgIpc) is 2.47. The van der Waals surface area contributed by atoms with Gasteiger partial charge in [0.05, 0.1) is 12.5 Å². The number of hydrogen-bond acceptors (Lipinski definition) is 6. The van der Waals surface area contributed by atoms with Crippen LogP contribution in [0.1, 0.15) is 18.4 Å². The Balaban J connectivity index is 2.58. The molecule has 0 spiro atoms. The number of nitrogens with two attached hydrogens (primary N) is 2. The third-order valence-corrected chi connectivity index (χ3v) is 3.08. The van der Waals surface area contributed by atoms with E-state index in [1.165, 1.54) is 0 Å². The van der Waals surface area contributed by atoms with E-state index in [9.17, 15) is 10.1 Å². The largest absolute Gasteiger partial charge is 0.462 e. The van der Waals surface area contributed by atoms with Crippen molar-refractivity contribution >= 4 is 5.97 Å². The number of allylic oxidation sites excluding steroid dienone is 1. The van der Waals surface area contributed by atoms with Crippen LogP contribution in [0.5, 0.6) is 0 Å². The van der Waals surface area contributed by atoms with E-state index in [2.05, 4.69) is 0 Å². The quantitative estimate of drug-likeness (QED) is 0.808. The van der Waals surface area contributed by atoms with Gasteiger partial charge in [-0.05, 0) is 12.5 Å². The molecule has 0 aliphatic carbocycles. The van der Waals surface area contributed by atoms with Crippen molar-refractivity contribution in [3.63, 3.8) is 0 Å². The molecule has 2 rings (SSSR count). The van der Waals surface area contributed by atoms with Crippen LogP contribution in [-0.2, 0) is 14.3 Å². The van der Waals surface area contributed by atoms with Gasteiger partial charge in [0.25, 0.3) is 0 Å². The molecule has 108 valence electrons. The highest BCUT2D eigenvalue weighted by molar-refractivity contribution is 5.92. The van der Waals surface area contributed by atoms with E-state index < -0.39 is 11.9 Å². The molecule has 4 N–H and O–H groups in total. The van der Waals surface area contributed by atoms with Crippen LogP contribution in [0.15, 0.2) is 53.2 Å². The molecule has 1 aromatic carbocycles. The van der Waals surface area contributed by atoms with Crippen molar-refractivity contribution in [2.24, 2.45) is 11.5 Å². The molecule has 0 unspecified atom stereocenters. The van der Waals surface area contributed by atoms with Crippen LogP contribution in [0.4, 0.5) is 0 Å². The fourth-order valence-corrected chi connectivity index (χ4v) is 2.18. The molecule has 6 heteroatoms. The molecule has 1 atom stereocenters. The molecule has 1 aromatic rings. The molecular weight excluding hydrogens is 270 g/mol. The summed E-state index contributed by atoms with van der Waals surface area (Å²) in [4.78, 5) is 12.1. The summed E-state index contributed by atoms with van der Waals surface area (Å²) in [5.41, 5.74) is 12.4. The first-order valence-electron chi connectivity index (χ1n) is 6.39. The summed E-state index contributed by atoms with van der Waals surface area (Å²) in [5.74, 6) is -1.55. The summed E-state index contributed by atoms with van der Waals surface area (Å²) in [6.45, 7) is 1.88. The highest BCUT2D eigenvalue weighted by atomic mass is 16.5. The van der Waals surface area contributed by atoms with E-state index in [0.29, 0.717) is 5.56 Å². The van der Waals surface area contributed by atoms with Crippen LogP contribution in [0, 0.1) is 11.3 Å². The first-order valence-corrected chi connectivity index (χ1v) is 6.39. The van der Waals surface area contributed by atoms with Crippen molar-refractivity contribution in [3.05, 3.63) is 58.8 Å². The van der Waals surface area contributed by atoms with Gasteiger partial charge >= 0.3 is 5.97 Å². The van der Waals surface area contributed by atoms with Crippen LogP contribution >= 0.6 is 0 Å². The minimum atomic E-state index is -0.691. The van der Waals surface area contributed by atoms with Crippen molar-refractivity contribution in [2.75, 3.05) is 6.61 Å². The van der Waals surface area contributed by atoms with Gasteiger partial charge in [-0.3, -0.25) is 0 Å². The summed E-state index contributed by atoms with van der Waals surface area (Å²) in [6.07, 6.45) is 0. The summed E-state index contributed by atoms with van der Waals surface area (Å²) >= 11 is 0. The van der Waals surface area contributed by atoms with E-state index in [1.807, 2.05) is 12.1 Å². The first-order chi connectivity index (χ1) is 10.1. The van der Waals surface area contributed by atoms with E-state index >= 15 is 0 Å². The zero-order valence-electron chi connectivity index (χ0n) is 11.5. The summed E-state index contributed by atoms with van der Waals surface area (Å²) < 4.78 is 10.1. The van der Waals surface area contributed by atoms with Gasteiger partial charge in [0.2, 0.25) is 11.8 Å². The predicted molar refractivity (Wildman–Crippen MR) is 74.9 cm³/mol. The van der Waals surface area contributed by atoms with Gasteiger partial charge < -0.3 is 20.9 Å². The van der Waals surface area contributed by atoms with Gasteiger partial charge in [-0.25, -0.2) is 4.79 Å². The second kappa shape index (κ2) is 6.01. The predicted octanol–water partition coefficient (Wildman–Crippen LogP) is 1.23. The number of carbonyl (C=O) groups is 1. The molecule has 0 fully saturated rings. The van der Waals surface area contributed by atoms with Gasteiger partial charge in [0.1, 0.15) is 17.2 Å². The van der Waals surface area contributed by atoms with Gasteiger partial charge in [-0.15, -0.1) is 0 Å². The molecule has 0 saturated carbocycles. The van der Waals surface area contributed by atoms with Crippen molar-refractivity contribution in [3.8, 4) is 6.07 Å². The Hall–Kier alpha value is -2.94. The van der Waals surface area contributed by atoms with E-state index in [1.54, 1.807) is 31.2 Å². The van der Waals surface area contributed by atoms with Gasteiger partial charge in [0, 0.05) is 0 Å². The molecule has 1 heterocycles. The number of hydrogen-bond donors (Lipinski definition) is 2. The summed E-state index contributed by atoms with van der Waals surface area (Å²) in [6, 6.07) is 11.0.